The normalized spacial score (nSPS) is 14.3. The molecule has 0 spiro atoms. The minimum absolute atomic E-state index is 0.0114. The second kappa shape index (κ2) is 7.70. The number of rotatable bonds is 4. The molecule has 1 saturated carbocycles. The van der Waals surface area contributed by atoms with Crippen LogP contribution in [0.4, 0.5) is 11.6 Å². The molecule has 10 nitrogen and oxygen atoms in total. The van der Waals surface area contributed by atoms with Gasteiger partial charge in [0.2, 0.25) is 5.95 Å². The van der Waals surface area contributed by atoms with E-state index in [-0.39, 0.29) is 6.04 Å². The molecule has 1 aliphatic carbocycles. The number of hydrogen-bond donors (Lipinski definition) is 1. The molecule has 1 N–H and O–H groups in total. The van der Waals surface area contributed by atoms with E-state index in [1.165, 1.54) is 4.57 Å². The van der Waals surface area contributed by atoms with E-state index in [1.807, 2.05) is 30.8 Å². The van der Waals surface area contributed by atoms with E-state index >= 15 is 0 Å². The molecule has 0 atom stereocenters. The number of nitrogens with one attached hydrogen (secondary N) is 1. The number of anilines is 2. The Kier molecular flexibility index (Phi) is 4.84. The standard InChI is InChI=1S/C22H24N8O2/c1-13-8-15(17-11-28(2)12-25-17)23-9-16(13)26-22-24-10-18-19(27-22)30(14-6-4-5-7-14)21(32)20(31)29(18)3/h8-12,14H,4-7H2,1-3H3,(H,24,26,27). The van der Waals surface area contributed by atoms with E-state index in [9.17, 15) is 9.59 Å². The predicted molar refractivity (Wildman–Crippen MR) is 121 cm³/mol. The van der Waals surface area contributed by atoms with Crippen LogP contribution in [0.25, 0.3) is 22.6 Å². The second-order valence-electron chi connectivity index (χ2n) is 8.31. The Labute approximate surface area is 183 Å². The van der Waals surface area contributed by atoms with E-state index in [0.29, 0.717) is 17.1 Å². The highest BCUT2D eigenvalue weighted by molar-refractivity contribution is 5.72. The molecule has 0 amide bonds. The molecule has 0 saturated heterocycles. The van der Waals surface area contributed by atoms with Crippen molar-refractivity contribution in [2.75, 3.05) is 5.32 Å². The average molecular weight is 432 g/mol. The van der Waals surface area contributed by atoms with Gasteiger partial charge in [-0.15, -0.1) is 0 Å². The van der Waals surface area contributed by atoms with Crippen LogP contribution in [0.1, 0.15) is 37.3 Å². The van der Waals surface area contributed by atoms with Crippen LogP contribution in [-0.2, 0) is 14.1 Å². The van der Waals surface area contributed by atoms with Gasteiger partial charge in [0.15, 0.2) is 5.65 Å². The number of imidazole rings is 1. The summed E-state index contributed by atoms with van der Waals surface area (Å²) in [4.78, 5) is 43.2. The summed E-state index contributed by atoms with van der Waals surface area (Å²) in [5, 5.41) is 3.21. The predicted octanol–water partition coefficient (Wildman–Crippen LogP) is 2.45. The minimum atomic E-state index is -0.557. The van der Waals surface area contributed by atoms with Crippen molar-refractivity contribution < 1.29 is 0 Å². The first-order chi connectivity index (χ1) is 15.4. The van der Waals surface area contributed by atoms with Crippen molar-refractivity contribution in [1.29, 1.82) is 0 Å². The molecule has 5 rings (SSSR count). The largest absolute Gasteiger partial charge is 0.340 e. The summed E-state index contributed by atoms with van der Waals surface area (Å²) in [6, 6.07) is 1.94. The lowest BCUT2D eigenvalue weighted by Crippen LogP contribution is -2.42. The molecule has 164 valence electrons. The van der Waals surface area contributed by atoms with Crippen LogP contribution in [0.3, 0.4) is 0 Å². The smallest absolute Gasteiger partial charge is 0.318 e. The first kappa shape index (κ1) is 20.1. The van der Waals surface area contributed by atoms with E-state index < -0.39 is 11.1 Å². The average Bonchev–Trinajstić information content (AvgIpc) is 3.46. The van der Waals surface area contributed by atoms with Crippen LogP contribution in [0, 0.1) is 6.92 Å². The van der Waals surface area contributed by atoms with Crippen LogP contribution in [0.15, 0.2) is 40.6 Å². The molecule has 0 radical (unpaired) electrons. The summed E-state index contributed by atoms with van der Waals surface area (Å²) < 4.78 is 4.76. The summed E-state index contributed by atoms with van der Waals surface area (Å²) >= 11 is 0. The lowest BCUT2D eigenvalue weighted by Gasteiger charge is -2.17. The van der Waals surface area contributed by atoms with Gasteiger partial charge in [0.1, 0.15) is 11.2 Å². The summed E-state index contributed by atoms with van der Waals surface area (Å²) in [6.45, 7) is 1.97. The quantitative estimate of drug-likeness (QED) is 0.493. The first-order valence-electron chi connectivity index (χ1n) is 10.6. The summed E-state index contributed by atoms with van der Waals surface area (Å²) in [5.41, 5.74) is 3.20. The van der Waals surface area contributed by atoms with Crippen LogP contribution in [-0.4, -0.2) is 33.6 Å². The molecule has 1 fully saturated rings. The highest BCUT2D eigenvalue weighted by Gasteiger charge is 2.23. The van der Waals surface area contributed by atoms with E-state index in [2.05, 4.69) is 25.3 Å². The number of nitrogens with zero attached hydrogens (tertiary/aromatic N) is 7. The van der Waals surface area contributed by atoms with Crippen molar-refractivity contribution in [2.45, 2.75) is 38.6 Å². The maximum Gasteiger partial charge on any atom is 0.318 e. The van der Waals surface area contributed by atoms with Gasteiger partial charge in [-0.2, -0.15) is 4.98 Å². The summed E-state index contributed by atoms with van der Waals surface area (Å²) in [7, 11) is 3.49. The molecule has 4 aromatic rings. The molecule has 32 heavy (non-hydrogen) atoms. The zero-order valence-electron chi connectivity index (χ0n) is 18.2. The Bertz CT molecular complexity index is 1440. The number of fused-ring (bicyclic) bond motifs is 1. The fourth-order valence-electron chi connectivity index (χ4n) is 4.29. The molecule has 4 aromatic heterocycles. The van der Waals surface area contributed by atoms with Gasteiger partial charge in [-0.1, -0.05) is 12.8 Å². The van der Waals surface area contributed by atoms with Gasteiger partial charge in [-0.3, -0.25) is 19.1 Å². The second-order valence-corrected chi connectivity index (χ2v) is 8.31. The fraction of sp³-hybridized carbons (Fsp3) is 0.364. The van der Waals surface area contributed by atoms with Gasteiger partial charge in [-0.05, 0) is 31.4 Å². The number of aryl methyl sites for hydroxylation is 3. The Hall–Kier alpha value is -3.82. The molecule has 0 bridgehead atoms. The summed E-state index contributed by atoms with van der Waals surface area (Å²) in [6.07, 6.45) is 10.8. The van der Waals surface area contributed by atoms with Gasteiger partial charge >= 0.3 is 11.1 Å². The van der Waals surface area contributed by atoms with Crippen LogP contribution in [0.2, 0.25) is 0 Å². The first-order valence-corrected chi connectivity index (χ1v) is 10.6. The Balaban J connectivity index is 1.55. The van der Waals surface area contributed by atoms with Crippen molar-refractivity contribution in [3.63, 3.8) is 0 Å². The molecule has 1 aliphatic rings. The molecule has 4 heterocycles. The topological polar surface area (TPSA) is 113 Å². The van der Waals surface area contributed by atoms with Crippen molar-refractivity contribution in [2.24, 2.45) is 14.1 Å². The Morgan fingerprint density at radius 3 is 2.47 bits per heavy atom. The van der Waals surface area contributed by atoms with Gasteiger partial charge in [-0.25, -0.2) is 9.97 Å². The van der Waals surface area contributed by atoms with Crippen molar-refractivity contribution in [1.82, 2.24) is 33.6 Å². The highest BCUT2D eigenvalue weighted by Crippen LogP contribution is 2.30. The van der Waals surface area contributed by atoms with Gasteiger partial charge in [0.05, 0.1) is 30.1 Å². The van der Waals surface area contributed by atoms with Crippen molar-refractivity contribution in [3.05, 3.63) is 57.3 Å². The Morgan fingerprint density at radius 2 is 1.78 bits per heavy atom. The minimum Gasteiger partial charge on any atom is -0.340 e. The lowest BCUT2D eigenvalue weighted by molar-refractivity contribution is 0.507. The fourth-order valence-corrected chi connectivity index (χ4v) is 4.29. The third-order valence-electron chi connectivity index (χ3n) is 6.06. The SMILES string of the molecule is Cc1cc(-c2cn(C)cn2)ncc1Nc1ncc2c(n1)n(C1CCCC1)c(=O)c(=O)n2C. The van der Waals surface area contributed by atoms with Crippen LogP contribution < -0.4 is 16.4 Å². The molecule has 0 aromatic carbocycles. The zero-order valence-corrected chi connectivity index (χ0v) is 18.2. The number of hydrogen-bond acceptors (Lipinski definition) is 7. The molecule has 10 heteroatoms. The third kappa shape index (κ3) is 3.37. The number of aromatic nitrogens is 7. The lowest BCUT2D eigenvalue weighted by atomic mass is 10.2. The van der Waals surface area contributed by atoms with E-state index in [0.717, 1.165) is 48.3 Å². The molecule has 0 unspecified atom stereocenters. The molecular weight excluding hydrogens is 408 g/mol. The van der Waals surface area contributed by atoms with Crippen LogP contribution >= 0.6 is 0 Å². The summed E-state index contributed by atoms with van der Waals surface area (Å²) in [5.74, 6) is 0.345. The van der Waals surface area contributed by atoms with Crippen molar-refractivity contribution in [3.8, 4) is 11.4 Å². The number of pyridine rings is 1. The maximum atomic E-state index is 12.8. The van der Waals surface area contributed by atoms with Gasteiger partial charge < -0.3 is 14.5 Å². The van der Waals surface area contributed by atoms with E-state index in [1.54, 1.807) is 30.3 Å². The molecular formula is C22H24N8O2. The monoisotopic (exact) mass is 432 g/mol. The van der Waals surface area contributed by atoms with Crippen LogP contribution in [0.5, 0.6) is 0 Å². The van der Waals surface area contributed by atoms with E-state index in [4.69, 9.17) is 0 Å². The molecule has 0 aliphatic heterocycles. The van der Waals surface area contributed by atoms with Gasteiger partial charge in [0, 0.05) is 26.3 Å². The third-order valence-corrected chi connectivity index (χ3v) is 6.06. The Morgan fingerprint density at radius 1 is 1.00 bits per heavy atom. The highest BCUT2D eigenvalue weighted by atomic mass is 16.2. The van der Waals surface area contributed by atoms with Crippen molar-refractivity contribution >= 4 is 22.8 Å². The maximum absolute atomic E-state index is 12.8. The zero-order chi connectivity index (χ0) is 22.4. The van der Waals surface area contributed by atoms with Gasteiger partial charge in [0.25, 0.3) is 0 Å².